The lowest BCUT2D eigenvalue weighted by molar-refractivity contribution is -0.164. The first-order valence-corrected chi connectivity index (χ1v) is 16.5. The number of ether oxygens (including phenoxy) is 1. The van der Waals surface area contributed by atoms with Crippen LogP contribution in [0.2, 0.25) is 0 Å². The van der Waals surface area contributed by atoms with Gasteiger partial charge in [0.1, 0.15) is 6.10 Å². The van der Waals surface area contributed by atoms with Crippen molar-refractivity contribution in [2.45, 2.75) is 76.2 Å². The second-order valence-corrected chi connectivity index (χ2v) is 13.0. The quantitative estimate of drug-likeness (QED) is 0.196. The van der Waals surface area contributed by atoms with Crippen LogP contribution in [0.5, 0.6) is 0 Å². The first-order chi connectivity index (χ1) is 21.6. The molecule has 2 fully saturated rings. The molecule has 0 radical (unpaired) electrons. The number of rotatable bonds is 8. The molecule has 3 aromatic rings. The van der Waals surface area contributed by atoms with E-state index in [0.717, 1.165) is 63.4 Å². The molecule has 1 atom stereocenters. The van der Waals surface area contributed by atoms with Crippen molar-refractivity contribution in [2.24, 2.45) is 17.3 Å². The van der Waals surface area contributed by atoms with Crippen LogP contribution >= 0.6 is 0 Å². The summed E-state index contributed by atoms with van der Waals surface area (Å²) in [6, 6.07) is 29.2. The van der Waals surface area contributed by atoms with Gasteiger partial charge in [-0.2, -0.15) is 5.26 Å². The predicted molar refractivity (Wildman–Crippen MR) is 179 cm³/mol. The maximum Gasteiger partial charge on any atom is 0.316 e. The van der Waals surface area contributed by atoms with E-state index >= 15 is 0 Å². The summed E-state index contributed by atoms with van der Waals surface area (Å²) in [6.45, 7) is 3.96. The van der Waals surface area contributed by atoms with Crippen molar-refractivity contribution in [3.63, 3.8) is 0 Å². The maximum absolute atomic E-state index is 14.2. The smallest absolute Gasteiger partial charge is 0.316 e. The molecule has 0 heterocycles. The third-order valence-corrected chi connectivity index (χ3v) is 10.5. The van der Waals surface area contributed by atoms with Gasteiger partial charge in [0.15, 0.2) is 0 Å². The topological polar surface area (TPSA) is 50.1 Å². The van der Waals surface area contributed by atoms with Gasteiger partial charge >= 0.3 is 5.97 Å². The minimum absolute atomic E-state index is 0.0225. The van der Waals surface area contributed by atoms with E-state index in [9.17, 15) is 10.1 Å². The van der Waals surface area contributed by atoms with Crippen molar-refractivity contribution in [1.82, 2.24) is 0 Å². The van der Waals surface area contributed by atoms with Gasteiger partial charge in [-0.25, -0.2) is 0 Å². The Kier molecular flexibility index (Phi) is 9.27. The van der Waals surface area contributed by atoms with Crippen LogP contribution in [-0.2, 0) is 9.53 Å². The van der Waals surface area contributed by atoms with Crippen LogP contribution in [0.1, 0.15) is 86.8 Å². The average molecular weight is 582 g/mol. The number of hydrogen-bond acceptors (Lipinski definition) is 3. The number of allylic oxidation sites excluding steroid dienone is 4. The summed E-state index contributed by atoms with van der Waals surface area (Å²) in [5.41, 5.74) is 6.20. The van der Waals surface area contributed by atoms with Crippen LogP contribution in [-0.4, -0.2) is 12.1 Å². The zero-order chi connectivity index (χ0) is 30.4. The van der Waals surface area contributed by atoms with Gasteiger partial charge in [0.25, 0.3) is 0 Å². The maximum atomic E-state index is 14.2. The molecular formula is C41H43NO2. The van der Waals surface area contributed by atoms with Gasteiger partial charge in [0.2, 0.25) is 0 Å². The number of hydrogen-bond donors (Lipinski definition) is 0. The summed E-state index contributed by atoms with van der Waals surface area (Å²) in [6.07, 6.45) is 18.6. The van der Waals surface area contributed by atoms with Crippen molar-refractivity contribution < 1.29 is 9.53 Å². The number of esters is 1. The second kappa shape index (κ2) is 13.6. The normalized spacial score (nSPS) is 26.7. The van der Waals surface area contributed by atoms with E-state index in [0.29, 0.717) is 29.7 Å². The molecule has 0 amide bonds. The van der Waals surface area contributed by atoms with Crippen LogP contribution < -0.4 is 0 Å². The van der Waals surface area contributed by atoms with Crippen molar-refractivity contribution in [1.29, 1.82) is 5.26 Å². The highest BCUT2D eigenvalue weighted by molar-refractivity contribution is 5.85. The molecule has 224 valence electrons. The number of nitriles is 1. The van der Waals surface area contributed by atoms with Crippen molar-refractivity contribution in [3.8, 4) is 17.2 Å². The molecule has 6 rings (SSSR count). The molecule has 3 aromatic carbocycles. The molecule has 44 heavy (non-hydrogen) atoms. The van der Waals surface area contributed by atoms with Crippen LogP contribution in [0.4, 0.5) is 0 Å². The van der Waals surface area contributed by atoms with Crippen LogP contribution in [0, 0.1) is 28.6 Å². The summed E-state index contributed by atoms with van der Waals surface area (Å²) in [4.78, 5) is 14.2. The third kappa shape index (κ3) is 6.36. The number of carbonyl (C=O) groups excluding carboxylic acids is 1. The first-order valence-electron chi connectivity index (χ1n) is 16.5. The fraction of sp³-hybridized carbons (Fsp3) is 0.366. The molecule has 0 spiro atoms. The van der Waals surface area contributed by atoms with Gasteiger partial charge in [-0.15, -0.1) is 6.58 Å². The Morgan fingerprint density at radius 2 is 1.57 bits per heavy atom. The molecule has 0 bridgehead atoms. The van der Waals surface area contributed by atoms with E-state index in [1.54, 1.807) is 0 Å². The van der Waals surface area contributed by atoms with Crippen molar-refractivity contribution in [3.05, 3.63) is 126 Å². The highest BCUT2D eigenvalue weighted by Crippen LogP contribution is 2.49. The van der Waals surface area contributed by atoms with Gasteiger partial charge in [-0.05, 0) is 122 Å². The summed E-state index contributed by atoms with van der Waals surface area (Å²) >= 11 is 0. The van der Waals surface area contributed by atoms with E-state index < -0.39 is 5.41 Å². The molecule has 3 heteroatoms. The molecule has 1 unspecified atom stereocenters. The van der Waals surface area contributed by atoms with Crippen LogP contribution in [0.25, 0.3) is 16.7 Å². The third-order valence-electron chi connectivity index (χ3n) is 10.5. The molecule has 0 saturated heterocycles. The lowest BCUT2D eigenvalue weighted by atomic mass is 9.63. The van der Waals surface area contributed by atoms with Gasteiger partial charge in [-0.1, -0.05) is 91.0 Å². The Bertz CT molecular complexity index is 1540. The molecule has 0 N–H and O–H groups in total. The Hall–Kier alpha value is -4.16. The highest BCUT2D eigenvalue weighted by Gasteiger charge is 2.47. The summed E-state index contributed by atoms with van der Waals surface area (Å²) in [5.74, 6) is 1.39. The molecule has 3 nitrogen and oxygen atoms in total. The second-order valence-electron chi connectivity index (χ2n) is 13.0. The number of nitrogens with zero attached hydrogens (tertiary/aromatic N) is 1. The van der Waals surface area contributed by atoms with Crippen molar-refractivity contribution in [2.75, 3.05) is 0 Å². The monoisotopic (exact) mass is 581 g/mol. The molecule has 0 aromatic heterocycles. The minimum Gasteiger partial charge on any atom is -0.462 e. The zero-order valence-corrected chi connectivity index (χ0v) is 25.7. The highest BCUT2D eigenvalue weighted by atomic mass is 16.5. The fourth-order valence-electron chi connectivity index (χ4n) is 7.86. The molecule has 3 aliphatic carbocycles. The minimum atomic E-state index is -0.587. The van der Waals surface area contributed by atoms with Gasteiger partial charge in [-0.3, -0.25) is 4.79 Å². The van der Waals surface area contributed by atoms with E-state index in [-0.39, 0.29) is 12.1 Å². The molecule has 2 saturated carbocycles. The standard InChI is InChI=1S/C41H43NO2/c1-2-8-30-15-21-36(22-16-30)41(27-25-33(26-28-41)32-9-4-3-5-10-32)40(43)44-37-23-19-35(20-24-37)39-12-7-6-11-38(39)34-17-13-31(29-42)14-18-34/h2-7,9-14,17-18,25-27,30,35-37H,1,8,15-16,19-24,28H2/t30-,35-,36-,37-,41?. The Morgan fingerprint density at radius 1 is 0.864 bits per heavy atom. The Balaban J connectivity index is 1.15. The summed E-state index contributed by atoms with van der Waals surface area (Å²) in [5, 5.41) is 9.21. The van der Waals surface area contributed by atoms with E-state index in [4.69, 9.17) is 4.74 Å². The van der Waals surface area contributed by atoms with E-state index in [1.807, 2.05) is 36.4 Å². The average Bonchev–Trinajstić information content (AvgIpc) is 3.09. The fourth-order valence-corrected chi connectivity index (χ4v) is 7.86. The van der Waals surface area contributed by atoms with Crippen molar-refractivity contribution >= 4 is 11.5 Å². The Morgan fingerprint density at radius 3 is 2.23 bits per heavy atom. The zero-order valence-electron chi connectivity index (χ0n) is 25.7. The lowest BCUT2D eigenvalue weighted by Gasteiger charge is -2.42. The first kappa shape index (κ1) is 29.9. The van der Waals surface area contributed by atoms with Gasteiger partial charge < -0.3 is 4.74 Å². The van der Waals surface area contributed by atoms with E-state index in [1.165, 1.54) is 22.3 Å². The SMILES string of the molecule is C=CC[C@H]1CC[C@H](C2(C(=O)O[C@H]3CC[C@H](c4ccccc4-c4ccc(C#N)cc4)CC3)C=CC(c3ccccc3)=CC2)CC1. The molecule has 0 aliphatic heterocycles. The molecule has 3 aliphatic rings. The van der Waals surface area contributed by atoms with Gasteiger partial charge in [0.05, 0.1) is 17.0 Å². The van der Waals surface area contributed by atoms with Crippen LogP contribution in [0.3, 0.4) is 0 Å². The Labute approximate surface area is 263 Å². The molecular weight excluding hydrogens is 538 g/mol. The summed E-state index contributed by atoms with van der Waals surface area (Å²) in [7, 11) is 0. The lowest BCUT2D eigenvalue weighted by Crippen LogP contribution is -2.42. The predicted octanol–water partition coefficient (Wildman–Crippen LogP) is 10.2. The largest absolute Gasteiger partial charge is 0.462 e. The number of carbonyl (C=O) groups is 1. The van der Waals surface area contributed by atoms with Crippen LogP contribution in [0.15, 0.2) is 110 Å². The number of benzene rings is 3. The van der Waals surface area contributed by atoms with E-state index in [2.05, 4.69) is 79.4 Å². The van der Waals surface area contributed by atoms with Gasteiger partial charge in [0, 0.05) is 0 Å². The summed E-state index contributed by atoms with van der Waals surface area (Å²) < 4.78 is 6.46.